The number of allylic oxidation sites excluding steroid dienone is 3. The Kier molecular flexibility index (Phi) is 5.20. The van der Waals surface area contributed by atoms with Crippen LogP contribution in [0.5, 0.6) is 0 Å². The van der Waals surface area contributed by atoms with Gasteiger partial charge < -0.3 is 4.90 Å². The third-order valence-corrected chi connectivity index (χ3v) is 5.90. The van der Waals surface area contributed by atoms with Crippen molar-refractivity contribution in [1.82, 2.24) is 0 Å². The minimum atomic E-state index is -0.361. The summed E-state index contributed by atoms with van der Waals surface area (Å²) in [5.41, 5.74) is 6.05. The highest BCUT2D eigenvalue weighted by atomic mass is 19.1. The molecular weight excluding hydrogens is 385 g/mol. The third-order valence-electron chi connectivity index (χ3n) is 5.90. The lowest BCUT2D eigenvalue weighted by atomic mass is 9.73. The van der Waals surface area contributed by atoms with Crippen LogP contribution in [0.15, 0.2) is 109 Å². The Morgan fingerprint density at radius 3 is 2.03 bits per heavy atom. The van der Waals surface area contributed by atoms with E-state index in [9.17, 15) is 9.18 Å². The maximum atomic E-state index is 13.2. The molecule has 0 saturated carbocycles. The van der Waals surface area contributed by atoms with Crippen LogP contribution >= 0.6 is 0 Å². The van der Waals surface area contributed by atoms with Crippen LogP contribution in [0.25, 0.3) is 0 Å². The molecule has 0 unspecified atom stereocenters. The zero-order valence-electron chi connectivity index (χ0n) is 17.7. The summed E-state index contributed by atoms with van der Waals surface area (Å²) in [6.45, 7) is 12.5. The van der Waals surface area contributed by atoms with E-state index in [4.69, 9.17) is 0 Å². The SMILES string of the molecule is C=CC1=C(C=C)C(C)(C)c2ccccc2N1c1ccc(C(=O)c2ccc(F)cc2)cc1. The molecule has 154 valence electrons. The largest absolute Gasteiger partial charge is 0.310 e. The normalized spacial score (nSPS) is 14.7. The van der Waals surface area contributed by atoms with Gasteiger partial charge >= 0.3 is 0 Å². The summed E-state index contributed by atoms with van der Waals surface area (Å²) < 4.78 is 13.2. The molecule has 3 heteroatoms. The van der Waals surface area contributed by atoms with Crippen molar-refractivity contribution in [2.45, 2.75) is 19.3 Å². The number of carbonyl (C=O) groups excluding carboxylic acids is 1. The predicted octanol–water partition coefficient (Wildman–Crippen LogP) is 7.11. The molecule has 2 nitrogen and oxygen atoms in total. The topological polar surface area (TPSA) is 20.3 Å². The number of hydrogen-bond donors (Lipinski definition) is 0. The maximum Gasteiger partial charge on any atom is 0.193 e. The summed E-state index contributed by atoms with van der Waals surface area (Å²) >= 11 is 0. The monoisotopic (exact) mass is 409 g/mol. The predicted molar refractivity (Wildman–Crippen MR) is 125 cm³/mol. The highest BCUT2D eigenvalue weighted by Crippen LogP contribution is 2.48. The number of anilines is 2. The van der Waals surface area contributed by atoms with Crippen molar-refractivity contribution in [2.24, 2.45) is 0 Å². The first-order valence-electron chi connectivity index (χ1n) is 10.2. The molecule has 31 heavy (non-hydrogen) atoms. The fourth-order valence-corrected chi connectivity index (χ4v) is 4.28. The zero-order valence-corrected chi connectivity index (χ0v) is 17.7. The van der Waals surface area contributed by atoms with Gasteiger partial charge in [-0.25, -0.2) is 4.39 Å². The molecule has 0 aromatic heterocycles. The van der Waals surface area contributed by atoms with Crippen LogP contribution in [0.3, 0.4) is 0 Å². The van der Waals surface area contributed by atoms with Crippen LogP contribution in [0.1, 0.15) is 35.3 Å². The van der Waals surface area contributed by atoms with Crippen LogP contribution in [0.2, 0.25) is 0 Å². The van der Waals surface area contributed by atoms with E-state index in [2.05, 4.69) is 44.0 Å². The van der Waals surface area contributed by atoms with Crippen molar-refractivity contribution in [1.29, 1.82) is 0 Å². The summed E-state index contributed by atoms with van der Waals surface area (Å²) in [7, 11) is 0. The Morgan fingerprint density at radius 2 is 1.45 bits per heavy atom. The first-order chi connectivity index (χ1) is 14.9. The van der Waals surface area contributed by atoms with Crippen molar-refractivity contribution in [2.75, 3.05) is 4.90 Å². The number of nitrogens with zero attached hydrogens (tertiary/aromatic N) is 1. The number of hydrogen-bond acceptors (Lipinski definition) is 2. The standard InChI is InChI=1S/C28H24FNO/c1-5-23-25(6-2)30(26-10-8-7-9-24(26)28(23,3)4)22-17-13-20(14-18-22)27(31)19-11-15-21(29)16-12-19/h5-18H,1-2H2,3-4H3. The third kappa shape index (κ3) is 3.42. The minimum Gasteiger partial charge on any atom is -0.310 e. The van der Waals surface area contributed by atoms with Gasteiger partial charge in [-0.2, -0.15) is 0 Å². The van der Waals surface area contributed by atoms with Crippen molar-refractivity contribution < 1.29 is 9.18 Å². The molecule has 1 heterocycles. The van der Waals surface area contributed by atoms with Crippen molar-refractivity contribution in [3.8, 4) is 0 Å². The van der Waals surface area contributed by atoms with E-state index in [0.717, 1.165) is 22.6 Å². The second-order valence-corrected chi connectivity index (χ2v) is 8.07. The molecule has 3 aromatic carbocycles. The summed E-state index contributed by atoms with van der Waals surface area (Å²) in [4.78, 5) is 14.9. The Morgan fingerprint density at radius 1 is 0.871 bits per heavy atom. The fourth-order valence-electron chi connectivity index (χ4n) is 4.28. The quantitative estimate of drug-likeness (QED) is 0.418. The molecule has 1 aliphatic rings. The molecule has 0 saturated heterocycles. The minimum absolute atomic E-state index is 0.141. The molecule has 0 radical (unpaired) electrons. The molecule has 0 spiro atoms. The van der Waals surface area contributed by atoms with Crippen LogP contribution in [-0.2, 0) is 5.41 Å². The van der Waals surface area contributed by atoms with E-state index >= 15 is 0 Å². The maximum absolute atomic E-state index is 13.2. The van der Waals surface area contributed by atoms with Gasteiger partial charge in [0.1, 0.15) is 5.82 Å². The summed E-state index contributed by atoms with van der Waals surface area (Å²) in [5, 5.41) is 0. The van der Waals surface area contributed by atoms with Gasteiger partial charge in [0.2, 0.25) is 0 Å². The molecule has 0 fully saturated rings. The van der Waals surface area contributed by atoms with Gasteiger partial charge in [0.05, 0.1) is 5.69 Å². The average Bonchev–Trinajstić information content (AvgIpc) is 2.79. The van der Waals surface area contributed by atoms with E-state index in [1.165, 1.54) is 29.8 Å². The number of benzene rings is 3. The summed E-state index contributed by atoms with van der Waals surface area (Å²) in [5.74, 6) is -0.502. The van der Waals surface area contributed by atoms with Crippen LogP contribution in [0, 0.1) is 5.82 Å². The van der Waals surface area contributed by atoms with Gasteiger partial charge in [-0.15, -0.1) is 0 Å². The molecule has 0 bridgehead atoms. The van der Waals surface area contributed by atoms with E-state index in [1.807, 2.05) is 36.4 Å². The number of para-hydroxylation sites is 1. The molecule has 0 N–H and O–H groups in total. The number of ketones is 1. The van der Waals surface area contributed by atoms with E-state index in [0.29, 0.717) is 11.1 Å². The molecule has 0 atom stereocenters. The van der Waals surface area contributed by atoms with Crippen molar-refractivity contribution in [3.05, 3.63) is 132 Å². The first-order valence-corrected chi connectivity index (χ1v) is 10.2. The van der Waals surface area contributed by atoms with Gasteiger partial charge in [0.15, 0.2) is 5.78 Å². The Bertz CT molecular complexity index is 1200. The van der Waals surface area contributed by atoms with Crippen LogP contribution in [0.4, 0.5) is 15.8 Å². The first kappa shape index (κ1) is 20.5. The van der Waals surface area contributed by atoms with Crippen molar-refractivity contribution >= 4 is 17.2 Å². The number of halogens is 1. The van der Waals surface area contributed by atoms with Gasteiger partial charge in [-0.05, 0) is 71.8 Å². The smallest absolute Gasteiger partial charge is 0.193 e. The number of rotatable bonds is 5. The van der Waals surface area contributed by atoms with Gasteiger partial charge in [-0.3, -0.25) is 4.79 Å². The van der Waals surface area contributed by atoms with E-state index < -0.39 is 0 Å². The van der Waals surface area contributed by atoms with E-state index in [1.54, 1.807) is 12.1 Å². The molecule has 1 aliphatic heterocycles. The average molecular weight is 410 g/mol. The molecule has 0 aliphatic carbocycles. The lowest BCUT2D eigenvalue weighted by Crippen LogP contribution is -2.33. The summed E-state index contributed by atoms with van der Waals surface area (Å²) in [6.07, 6.45) is 3.75. The number of carbonyl (C=O) groups is 1. The van der Waals surface area contributed by atoms with Gasteiger partial charge in [-0.1, -0.05) is 51.3 Å². The van der Waals surface area contributed by atoms with Gasteiger partial charge in [0.25, 0.3) is 0 Å². The molecule has 0 amide bonds. The lowest BCUT2D eigenvalue weighted by Gasteiger charge is -2.42. The van der Waals surface area contributed by atoms with Gasteiger partial charge in [0, 0.05) is 27.9 Å². The van der Waals surface area contributed by atoms with E-state index in [-0.39, 0.29) is 17.0 Å². The second-order valence-electron chi connectivity index (χ2n) is 8.07. The van der Waals surface area contributed by atoms with Crippen molar-refractivity contribution in [3.63, 3.8) is 0 Å². The Balaban J connectivity index is 1.79. The Hall–Kier alpha value is -3.72. The zero-order chi connectivity index (χ0) is 22.2. The molecular formula is C28H24FNO. The number of fused-ring (bicyclic) bond motifs is 1. The molecule has 4 rings (SSSR count). The molecule has 3 aromatic rings. The highest BCUT2D eigenvalue weighted by Gasteiger charge is 2.36. The summed E-state index contributed by atoms with van der Waals surface area (Å²) in [6, 6.07) is 21.4. The lowest BCUT2D eigenvalue weighted by molar-refractivity contribution is 0.103. The highest BCUT2D eigenvalue weighted by molar-refractivity contribution is 6.09. The Labute approximate surface area is 182 Å². The second kappa shape index (κ2) is 7.84. The fraction of sp³-hybridized carbons (Fsp3) is 0.107. The van der Waals surface area contributed by atoms with Crippen LogP contribution < -0.4 is 4.90 Å². The van der Waals surface area contributed by atoms with Crippen LogP contribution in [-0.4, -0.2) is 5.78 Å².